The van der Waals surface area contributed by atoms with Crippen LogP contribution in [-0.4, -0.2) is 42.5 Å². The van der Waals surface area contributed by atoms with E-state index in [4.69, 9.17) is 0 Å². The van der Waals surface area contributed by atoms with Crippen LogP contribution in [0.25, 0.3) is 32.7 Å². The number of nitrogens with one attached hydrogen (secondary N) is 2. The Bertz CT molecular complexity index is 2160. The van der Waals surface area contributed by atoms with Gasteiger partial charge in [-0.1, -0.05) is 60.7 Å². The SMILES string of the molecule is Cc1cc2c(C(=O)NC(C)c3ccccc3)c(O)c(O)cc2c(O)c1-c1c(C)cc2c(C(=O)NC(C)c3ccccc3)c(O)c(O)cc2c1O. The number of carbonyl (C=O) groups is 2. The van der Waals surface area contributed by atoms with Crippen molar-refractivity contribution in [2.75, 3.05) is 0 Å². The first-order valence-corrected chi connectivity index (χ1v) is 15.9. The maximum atomic E-state index is 13.6. The first-order chi connectivity index (χ1) is 23.8. The van der Waals surface area contributed by atoms with Gasteiger partial charge in [-0.25, -0.2) is 0 Å². The zero-order valence-corrected chi connectivity index (χ0v) is 27.7. The minimum absolute atomic E-state index is 0.0285. The van der Waals surface area contributed by atoms with Gasteiger partial charge in [-0.15, -0.1) is 0 Å². The number of hydrogen-bond acceptors (Lipinski definition) is 8. The summed E-state index contributed by atoms with van der Waals surface area (Å²) >= 11 is 0. The summed E-state index contributed by atoms with van der Waals surface area (Å²) in [4.78, 5) is 27.1. The van der Waals surface area contributed by atoms with Crippen LogP contribution < -0.4 is 10.6 Å². The molecule has 254 valence electrons. The summed E-state index contributed by atoms with van der Waals surface area (Å²) in [5.74, 6) is -4.74. The number of carbonyl (C=O) groups excluding carboxylic acids is 2. The second kappa shape index (κ2) is 12.9. The van der Waals surface area contributed by atoms with Crippen LogP contribution in [0.1, 0.15) is 68.9 Å². The third-order valence-corrected chi connectivity index (χ3v) is 9.13. The largest absolute Gasteiger partial charge is 0.507 e. The lowest BCUT2D eigenvalue weighted by Crippen LogP contribution is -2.27. The van der Waals surface area contributed by atoms with Crippen molar-refractivity contribution >= 4 is 33.4 Å². The van der Waals surface area contributed by atoms with E-state index in [9.17, 15) is 40.2 Å². The predicted molar refractivity (Wildman–Crippen MR) is 191 cm³/mol. The van der Waals surface area contributed by atoms with Crippen LogP contribution in [0, 0.1) is 13.8 Å². The van der Waals surface area contributed by atoms with Gasteiger partial charge in [0.1, 0.15) is 11.5 Å². The van der Waals surface area contributed by atoms with E-state index in [-0.39, 0.29) is 43.8 Å². The Kier molecular flexibility index (Phi) is 8.63. The van der Waals surface area contributed by atoms with Gasteiger partial charge >= 0.3 is 0 Å². The molecule has 0 heterocycles. The lowest BCUT2D eigenvalue weighted by Gasteiger charge is -2.21. The number of hydrogen-bond donors (Lipinski definition) is 8. The van der Waals surface area contributed by atoms with E-state index in [0.717, 1.165) is 23.3 Å². The molecule has 2 amide bonds. The van der Waals surface area contributed by atoms with Gasteiger partial charge in [0.15, 0.2) is 23.0 Å². The fourth-order valence-corrected chi connectivity index (χ4v) is 6.54. The van der Waals surface area contributed by atoms with Crippen LogP contribution in [0.15, 0.2) is 84.9 Å². The fourth-order valence-electron chi connectivity index (χ4n) is 6.54. The Hall–Kier alpha value is -6.42. The van der Waals surface area contributed by atoms with Gasteiger partial charge in [0.05, 0.1) is 23.2 Å². The van der Waals surface area contributed by atoms with Gasteiger partial charge in [-0.3, -0.25) is 9.59 Å². The molecule has 6 aromatic rings. The van der Waals surface area contributed by atoms with Crippen LogP contribution >= 0.6 is 0 Å². The highest BCUT2D eigenvalue weighted by molar-refractivity contribution is 6.16. The number of aryl methyl sites for hydroxylation is 2. The molecule has 2 atom stereocenters. The molecule has 0 aromatic heterocycles. The molecule has 0 saturated heterocycles. The van der Waals surface area contributed by atoms with Gasteiger partial charge < -0.3 is 41.3 Å². The van der Waals surface area contributed by atoms with E-state index in [1.807, 2.05) is 60.7 Å². The smallest absolute Gasteiger partial charge is 0.256 e. The second-order valence-corrected chi connectivity index (χ2v) is 12.5. The second-order valence-electron chi connectivity index (χ2n) is 12.5. The predicted octanol–water partition coefficient (Wildman–Crippen LogP) is 7.49. The average molecular weight is 673 g/mol. The standard InChI is InChI=1S/C40H36N2O8/c1-19-15-25-27(17-29(43)37(47)33(25)39(49)41-21(3)23-11-7-5-8-12-23)35(45)31(19)32-20(2)16-26-28(36(32)46)18-30(44)38(48)34(26)40(50)42-22(4)24-13-9-6-10-14-24/h5-18,21-22,43-48H,1-4H3,(H,41,49)(H,42,50). The molecule has 0 radical (unpaired) electrons. The summed E-state index contributed by atoms with van der Waals surface area (Å²) < 4.78 is 0. The van der Waals surface area contributed by atoms with Crippen molar-refractivity contribution in [1.29, 1.82) is 0 Å². The molecule has 0 spiro atoms. The molecule has 6 aromatic carbocycles. The lowest BCUT2D eigenvalue weighted by molar-refractivity contribution is 0.0929. The topological polar surface area (TPSA) is 180 Å². The minimum atomic E-state index is -0.682. The maximum absolute atomic E-state index is 13.6. The van der Waals surface area contributed by atoms with Gasteiger partial charge in [0.2, 0.25) is 0 Å². The summed E-state index contributed by atoms with van der Waals surface area (Å²) in [5, 5.41) is 72.6. The van der Waals surface area contributed by atoms with Crippen LogP contribution in [0.2, 0.25) is 0 Å². The molecule has 8 N–H and O–H groups in total. The minimum Gasteiger partial charge on any atom is -0.507 e. The van der Waals surface area contributed by atoms with Crippen molar-refractivity contribution < 1.29 is 40.2 Å². The lowest BCUT2D eigenvalue weighted by atomic mass is 9.87. The summed E-state index contributed by atoms with van der Waals surface area (Å²) in [6.45, 7) is 6.84. The Morgan fingerprint density at radius 2 is 0.840 bits per heavy atom. The summed E-state index contributed by atoms with van der Waals surface area (Å²) in [5.41, 5.74) is 2.26. The van der Waals surface area contributed by atoms with Crippen molar-refractivity contribution in [3.05, 3.63) is 118 Å². The highest BCUT2D eigenvalue weighted by Crippen LogP contribution is 2.51. The molecular formula is C40H36N2O8. The molecule has 50 heavy (non-hydrogen) atoms. The molecular weight excluding hydrogens is 636 g/mol. The van der Waals surface area contributed by atoms with E-state index in [1.165, 1.54) is 0 Å². The van der Waals surface area contributed by atoms with E-state index in [1.54, 1.807) is 39.8 Å². The van der Waals surface area contributed by atoms with Gasteiger partial charge in [0, 0.05) is 32.7 Å². The molecule has 10 nitrogen and oxygen atoms in total. The number of aromatic hydroxyl groups is 6. The zero-order chi connectivity index (χ0) is 36.0. The van der Waals surface area contributed by atoms with Gasteiger partial charge in [-0.2, -0.15) is 0 Å². The Labute approximate surface area is 287 Å². The highest BCUT2D eigenvalue weighted by atomic mass is 16.3. The molecule has 0 saturated carbocycles. The number of amides is 2. The number of phenolic OH excluding ortho intramolecular Hbond substituents is 6. The van der Waals surface area contributed by atoms with Gasteiger partial charge in [-0.05, 0) is 74.2 Å². The van der Waals surface area contributed by atoms with Crippen molar-refractivity contribution in [2.45, 2.75) is 39.8 Å². The van der Waals surface area contributed by atoms with Crippen LogP contribution in [0.4, 0.5) is 0 Å². The molecule has 6 rings (SSSR count). The number of rotatable bonds is 7. The Morgan fingerprint density at radius 3 is 1.18 bits per heavy atom. The normalized spacial score (nSPS) is 12.5. The number of benzene rings is 6. The Morgan fingerprint density at radius 1 is 0.500 bits per heavy atom. The third-order valence-electron chi connectivity index (χ3n) is 9.13. The van der Waals surface area contributed by atoms with E-state index < -0.39 is 58.4 Å². The molecule has 0 aliphatic rings. The number of fused-ring (bicyclic) bond motifs is 2. The van der Waals surface area contributed by atoms with Crippen LogP contribution in [0.5, 0.6) is 34.5 Å². The first-order valence-electron chi connectivity index (χ1n) is 15.9. The molecule has 0 fully saturated rings. The van der Waals surface area contributed by atoms with Crippen molar-refractivity contribution in [3.8, 4) is 45.6 Å². The monoisotopic (exact) mass is 672 g/mol. The fraction of sp³-hybridized carbons (Fsp3) is 0.150. The Balaban J connectivity index is 1.48. The molecule has 0 aliphatic carbocycles. The van der Waals surface area contributed by atoms with Gasteiger partial charge in [0.25, 0.3) is 11.8 Å². The molecule has 0 bridgehead atoms. The van der Waals surface area contributed by atoms with E-state index in [2.05, 4.69) is 10.6 Å². The summed E-state index contributed by atoms with van der Waals surface area (Å²) in [6, 6.07) is 22.9. The molecule has 0 aliphatic heterocycles. The van der Waals surface area contributed by atoms with Crippen LogP contribution in [-0.2, 0) is 0 Å². The highest BCUT2D eigenvalue weighted by Gasteiger charge is 2.28. The number of phenols is 6. The zero-order valence-electron chi connectivity index (χ0n) is 27.7. The van der Waals surface area contributed by atoms with E-state index in [0.29, 0.717) is 11.1 Å². The quantitative estimate of drug-likeness (QED) is 0.0803. The first kappa shape index (κ1) is 33.5. The van der Waals surface area contributed by atoms with Crippen molar-refractivity contribution in [2.24, 2.45) is 0 Å². The van der Waals surface area contributed by atoms with E-state index >= 15 is 0 Å². The average Bonchev–Trinajstić information content (AvgIpc) is 3.09. The van der Waals surface area contributed by atoms with Crippen LogP contribution in [0.3, 0.4) is 0 Å². The molecule has 10 heteroatoms. The maximum Gasteiger partial charge on any atom is 0.256 e. The third kappa shape index (κ3) is 5.70. The van der Waals surface area contributed by atoms with Crippen molar-refractivity contribution in [1.82, 2.24) is 10.6 Å². The molecule has 2 unspecified atom stereocenters. The summed E-state index contributed by atoms with van der Waals surface area (Å²) in [7, 11) is 0. The summed E-state index contributed by atoms with van der Waals surface area (Å²) in [6.07, 6.45) is 0. The van der Waals surface area contributed by atoms with Crippen molar-refractivity contribution in [3.63, 3.8) is 0 Å².